The Morgan fingerprint density at radius 3 is 2.33 bits per heavy atom. The van der Waals surface area contributed by atoms with E-state index in [2.05, 4.69) is 18.4 Å². The van der Waals surface area contributed by atoms with Crippen molar-refractivity contribution in [2.75, 3.05) is 27.7 Å². The van der Waals surface area contributed by atoms with E-state index >= 15 is 0 Å². The molecule has 0 fully saturated rings. The number of rotatable bonds is 4. The monoisotopic (exact) mass is 170 g/mol. The summed E-state index contributed by atoms with van der Waals surface area (Å²) in [5.74, 6) is -0.0244. The minimum absolute atomic E-state index is 0.0244. The van der Waals surface area contributed by atoms with E-state index in [0.29, 0.717) is 6.04 Å². The predicted octanol–water partition coefficient (Wildman–Crippen LogP) is 0.581. The fraction of sp³-hybridized carbons (Fsp3) is 0.667. The van der Waals surface area contributed by atoms with Crippen molar-refractivity contribution in [3.05, 3.63) is 12.7 Å². The molecule has 0 radical (unpaired) electrons. The lowest BCUT2D eigenvalue weighted by Gasteiger charge is -2.25. The van der Waals surface area contributed by atoms with Crippen molar-refractivity contribution in [1.29, 1.82) is 0 Å². The van der Waals surface area contributed by atoms with E-state index in [9.17, 15) is 4.79 Å². The second kappa shape index (κ2) is 4.93. The third-order valence-electron chi connectivity index (χ3n) is 1.97. The van der Waals surface area contributed by atoms with Gasteiger partial charge in [-0.2, -0.15) is 0 Å². The van der Waals surface area contributed by atoms with Gasteiger partial charge in [0.05, 0.1) is 0 Å². The molecule has 0 saturated heterocycles. The molecule has 12 heavy (non-hydrogen) atoms. The standard InChI is InChI=1S/C9H18N2O/c1-6-9(12)11(5)7-8(2)10(3)4/h6,8H,1,7H2,2-5H3. The van der Waals surface area contributed by atoms with Crippen molar-refractivity contribution in [2.24, 2.45) is 0 Å². The zero-order valence-corrected chi connectivity index (χ0v) is 8.37. The van der Waals surface area contributed by atoms with Gasteiger partial charge in [-0.1, -0.05) is 6.58 Å². The van der Waals surface area contributed by atoms with Gasteiger partial charge in [-0.25, -0.2) is 0 Å². The van der Waals surface area contributed by atoms with E-state index in [1.165, 1.54) is 6.08 Å². The molecule has 0 N–H and O–H groups in total. The summed E-state index contributed by atoms with van der Waals surface area (Å²) in [7, 11) is 5.78. The van der Waals surface area contributed by atoms with Crippen LogP contribution in [0.1, 0.15) is 6.92 Å². The SMILES string of the molecule is C=CC(=O)N(C)CC(C)N(C)C. The number of carbonyl (C=O) groups excluding carboxylic acids is 1. The van der Waals surface area contributed by atoms with Crippen molar-refractivity contribution < 1.29 is 4.79 Å². The van der Waals surface area contributed by atoms with Crippen LogP contribution in [0.15, 0.2) is 12.7 Å². The van der Waals surface area contributed by atoms with Gasteiger partial charge < -0.3 is 9.80 Å². The third kappa shape index (κ3) is 3.53. The van der Waals surface area contributed by atoms with Crippen molar-refractivity contribution in [2.45, 2.75) is 13.0 Å². The van der Waals surface area contributed by atoms with Crippen molar-refractivity contribution in [3.8, 4) is 0 Å². The fourth-order valence-electron chi connectivity index (χ4n) is 0.805. The van der Waals surface area contributed by atoms with E-state index in [1.807, 2.05) is 14.1 Å². The molecule has 0 aromatic heterocycles. The van der Waals surface area contributed by atoms with Gasteiger partial charge in [0.25, 0.3) is 0 Å². The van der Waals surface area contributed by atoms with Gasteiger partial charge in [0.1, 0.15) is 0 Å². The van der Waals surface area contributed by atoms with Gasteiger partial charge in [-0.15, -0.1) is 0 Å². The van der Waals surface area contributed by atoms with Crippen LogP contribution in [0, 0.1) is 0 Å². The first-order chi connectivity index (χ1) is 5.49. The maximum absolute atomic E-state index is 11.1. The summed E-state index contributed by atoms with van der Waals surface area (Å²) in [5, 5.41) is 0. The van der Waals surface area contributed by atoms with Crippen molar-refractivity contribution in [3.63, 3.8) is 0 Å². The largest absolute Gasteiger partial charge is 0.341 e. The fourth-order valence-corrected chi connectivity index (χ4v) is 0.805. The Balaban J connectivity index is 3.91. The molecule has 0 aromatic rings. The van der Waals surface area contributed by atoms with E-state index in [1.54, 1.807) is 11.9 Å². The number of amides is 1. The second-order valence-electron chi connectivity index (χ2n) is 3.24. The first kappa shape index (κ1) is 11.2. The first-order valence-corrected chi connectivity index (χ1v) is 4.03. The van der Waals surface area contributed by atoms with Crippen LogP contribution in [0.25, 0.3) is 0 Å². The summed E-state index contributed by atoms with van der Waals surface area (Å²) >= 11 is 0. The highest BCUT2D eigenvalue weighted by atomic mass is 16.2. The normalized spacial score (nSPS) is 12.8. The van der Waals surface area contributed by atoms with Crippen LogP contribution < -0.4 is 0 Å². The van der Waals surface area contributed by atoms with E-state index < -0.39 is 0 Å². The Labute approximate surface area is 74.7 Å². The Morgan fingerprint density at radius 1 is 1.50 bits per heavy atom. The van der Waals surface area contributed by atoms with Gasteiger partial charge in [-0.05, 0) is 27.1 Å². The minimum Gasteiger partial charge on any atom is -0.341 e. The maximum atomic E-state index is 11.1. The Hall–Kier alpha value is -0.830. The third-order valence-corrected chi connectivity index (χ3v) is 1.97. The lowest BCUT2D eigenvalue weighted by molar-refractivity contribution is -0.125. The van der Waals surface area contributed by atoms with Gasteiger partial charge >= 0.3 is 0 Å². The zero-order chi connectivity index (χ0) is 9.72. The van der Waals surface area contributed by atoms with Gasteiger partial charge in [0.2, 0.25) is 5.91 Å². The van der Waals surface area contributed by atoms with Crippen LogP contribution in [-0.4, -0.2) is 49.4 Å². The first-order valence-electron chi connectivity index (χ1n) is 4.03. The van der Waals surface area contributed by atoms with E-state index in [-0.39, 0.29) is 5.91 Å². The summed E-state index contributed by atoms with van der Waals surface area (Å²) in [5.41, 5.74) is 0. The summed E-state index contributed by atoms with van der Waals surface area (Å²) in [6.45, 7) is 6.24. The Bertz CT molecular complexity index is 166. The van der Waals surface area contributed by atoms with Gasteiger partial charge in [0.15, 0.2) is 0 Å². The predicted molar refractivity (Wildman–Crippen MR) is 51.0 cm³/mol. The molecule has 0 bridgehead atoms. The number of hydrogen-bond acceptors (Lipinski definition) is 2. The van der Waals surface area contributed by atoms with Crippen LogP contribution in [0.2, 0.25) is 0 Å². The molecule has 0 heterocycles. The Kier molecular flexibility index (Phi) is 4.59. The molecule has 0 saturated carbocycles. The van der Waals surface area contributed by atoms with Crippen molar-refractivity contribution in [1.82, 2.24) is 9.80 Å². The molecular formula is C9H18N2O. The molecule has 70 valence electrons. The van der Waals surface area contributed by atoms with E-state index in [0.717, 1.165) is 6.54 Å². The lowest BCUT2D eigenvalue weighted by Crippen LogP contribution is -2.38. The summed E-state index contributed by atoms with van der Waals surface area (Å²) < 4.78 is 0. The average molecular weight is 170 g/mol. The molecular weight excluding hydrogens is 152 g/mol. The summed E-state index contributed by atoms with van der Waals surface area (Å²) in [6, 6.07) is 0.374. The summed E-state index contributed by atoms with van der Waals surface area (Å²) in [6.07, 6.45) is 1.34. The highest BCUT2D eigenvalue weighted by molar-refractivity contribution is 5.86. The van der Waals surface area contributed by atoms with Crippen LogP contribution in [0.4, 0.5) is 0 Å². The highest BCUT2D eigenvalue weighted by Crippen LogP contribution is 1.95. The van der Waals surface area contributed by atoms with Crippen LogP contribution in [-0.2, 0) is 4.79 Å². The number of carbonyl (C=O) groups is 1. The highest BCUT2D eigenvalue weighted by Gasteiger charge is 2.10. The van der Waals surface area contributed by atoms with Gasteiger partial charge in [0, 0.05) is 19.6 Å². The molecule has 0 aliphatic heterocycles. The van der Waals surface area contributed by atoms with Crippen molar-refractivity contribution >= 4 is 5.91 Å². The molecule has 1 atom stereocenters. The molecule has 0 aromatic carbocycles. The second-order valence-corrected chi connectivity index (χ2v) is 3.24. The molecule has 1 unspecified atom stereocenters. The number of likely N-dealkylation sites (N-methyl/N-ethyl adjacent to an activating group) is 2. The van der Waals surface area contributed by atoms with Crippen LogP contribution in [0.3, 0.4) is 0 Å². The van der Waals surface area contributed by atoms with Crippen LogP contribution >= 0.6 is 0 Å². The molecule has 0 aliphatic rings. The Morgan fingerprint density at radius 2 is 2.00 bits per heavy atom. The van der Waals surface area contributed by atoms with Crippen LogP contribution in [0.5, 0.6) is 0 Å². The maximum Gasteiger partial charge on any atom is 0.245 e. The number of hydrogen-bond donors (Lipinski definition) is 0. The summed E-state index contributed by atoms with van der Waals surface area (Å²) in [4.78, 5) is 14.8. The van der Waals surface area contributed by atoms with E-state index in [4.69, 9.17) is 0 Å². The molecule has 3 nitrogen and oxygen atoms in total. The average Bonchev–Trinajstić information content (AvgIpc) is 2.02. The molecule has 0 rings (SSSR count). The molecule has 0 aliphatic carbocycles. The van der Waals surface area contributed by atoms with Gasteiger partial charge in [-0.3, -0.25) is 4.79 Å². The molecule has 3 heteroatoms. The smallest absolute Gasteiger partial charge is 0.245 e. The minimum atomic E-state index is -0.0244. The zero-order valence-electron chi connectivity index (χ0n) is 8.37. The lowest BCUT2D eigenvalue weighted by atomic mass is 10.3. The topological polar surface area (TPSA) is 23.6 Å². The quantitative estimate of drug-likeness (QED) is 0.576. The molecule has 1 amide bonds. The number of nitrogens with zero attached hydrogens (tertiary/aromatic N) is 2. The molecule has 0 spiro atoms.